The quantitative estimate of drug-likeness (QED) is 0.0387. The van der Waals surface area contributed by atoms with Crippen LogP contribution in [0.1, 0.15) is 76.9 Å². The highest BCUT2D eigenvalue weighted by Crippen LogP contribution is 2.52. The maximum Gasteiger partial charge on any atom is 0.335 e. The molecule has 9 heterocycles. The maximum absolute atomic E-state index is 12.0. The lowest BCUT2D eigenvalue weighted by molar-refractivity contribution is 0.111. The molecular formula is C85H65N2O7PS9. The van der Waals surface area contributed by atoms with Crippen molar-refractivity contribution < 1.29 is 32.8 Å². The van der Waals surface area contributed by atoms with Crippen molar-refractivity contribution in [3.05, 3.63) is 315 Å². The smallest absolute Gasteiger partial charge is 0.311 e. The van der Waals surface area contributed by atoms with Gasteiger partial charge in [-0.3, -0.25) is 23.7 Å². The number of hydrogen-bond donors (Lipinski definition) is 0. The molecule has 15 aromatic rings. The zero-order valence-corrected chi connectivity index (χ0v) is 64.3. The maximum atomic E-state index is 12.0. The van der Waals surface area contributed by atoms with E-state index in [0.29, 0.717) is 34.0 Å². The van der Waals surface area contributed by atoms with Gasteiger partial charge in [-0.2, -0.15) is 0 Å². The first-order chi connectivity index (χ1) is 51.0. The summed E-state index contributed by atoms with van der Waals surface area (Å²) >= 11 is 14.6. The van der Waals surface area contributed by atoms with Crippen LogP contribution in [0.5, 0.6) is 0 Å². The molecule has 0 atom stereocenters. The minimum Gasteiger partial charge on any atom is -0.311 e. The molecule has 0 aliphatic heterocycles. The van der Waals surface area contributed by atoms with E-state index in [4.69, 9.17) is 9.05 Å². The van der Waals surface area contributed by atoms with Crippen molar-refractivity contribution >= 4 is 193 Å². The fourth-order valence-electron chi connectivity index (χ4n) is 11.2. The Kier molecular flexibility index (Phi) is 24.8. The number of benzene rings is 6. The van der Waals surface area contributed by atoms with Gasteiger partial charge >= 0.3 is 7.60 Å². The molecule has 9 aromatic heterocycles. The standard InChI is InChI=1S/C43H29NOS5.C33H21NO3S3.C9H15O3PS/c45-29-40-23-26-43(50-40)32-9-15-35(16-10-32)44(33-11-5-30(6-12-33)41-24-21-38(48-41)19-17-36-3-1-27-46-36)34-13-7-31(8-14-34)42-25-22-39(49-42)20-18-37-4-2-28-47-37;35-19-28-13-16-31(38-28)22-1-7-25(8-2-22)34(26-9-3-23(4-10-26)32-17-14-29(20-36)39-32)27-11-5-24(6-12-27)33-18-15-30(21-37)40-33;1-3-11-13(10,12-4-2)8-9-6-5-7-14-9/h1-29H;1-21H;5-7H,3-4,8H2,1-2H3/b19-17+,20-18+;;. The van der Waals surface area contributed by atoms with Crippen LogP contribution >= 0.6 is 110 Å². The van der Waals surface area contributed by atoms with Crippen molar-refractivity contribution in [2.75, 3.05) is 23.0 Å². The third kappa shape index (κ3) is 18.5. The summed E-state index contributed by atoms with van der Waals surface area (Å²) in [7, 11) is -2.90. The van der Waals surface area contributed by atoms with E-state index in [1.165, 1.54) is 85.7 Å². The van der Waals surface area contributed by atoms with E-state index < -0.39 is 7.60 Å². The first kappa shape index (κ1) is 72.9. The van der Waals surface area contributed by atoms with E-state index in [-0.39, 0.29) is 0 Å². The number of nitrogens with zero attached hydrogens (tertiary/aromatic N) is 2. The highest BCUT2D eigenvalue weighted by Gasteiger charge is 2.25. The Morgan fingerprint density at radius 2 is 0.529 bits per heavy atom. The van der Waals surface area contributed by atoms with Crippen molar-refractivity contribution in [1.82, 2.24) is 0 Å². The molecule has 0 spiro atoms. The summed E-state index contributed by atoms with van der Waals surface area (Å²) in [5.74, 6) is 0. The average Bonchev–Trinajstić information content (AvgIpc) is 0.839. The molecule has 0 aliphatic carbocycles. The monoisotopic (exact) mass is 1540 g/mol. The first-order valence-electron chi connectivity index (χ1n) is 33.0. The minimum atomic E-state index is -2.90. The molecule has 6 aromatic carbocycles. The molecule has 19 heteroatoms. The number of hydrogen-bond acceptors (Lipinski definition) is 18. The van der Waals surface area contributed by atoms with Crippen LogP contribution in [0.4, 0.5) is 34.1 Å². The molecule has 0 fully saturated rings. The van der Waals surface area contributed by atoms with E-state index in [2.05, 4.69) is 239 Å². The summed E-state index contributed by atoms with van der Waals surface area (Å²) in [6.07, 6.45) is 12.7. The molecule has 0 amide bonds. The second kappa shape index (κ2) is 35.3. The topological polar surface area (TPSA) is 110 Å². The van der Waals surface area contributed by atoms with Gasteiger partial charge in [0.1, 0.15) is 0 Å². The molecule has 0 aliphatic rings. The van der Waals surface area contributed by atoms with Crippen molar-refractivity contribution in [2.45, 2.75) is 20.0 Å². The third-order valence-electron chi connectivity index (χ3n) is 16.2. The van der Waals surface area contributed by atoms with Gasteiger partial charge in [-0.25, -0.2) is 0 Å². The van der Waals surface area contributed by atoms with Crippen molar-refractivity contribution in [1.29, 1.82) is 0 Å². The molecule has 15 rings (SSSR count). The molecule has 0 radical (unpaired) electrons. The molecule has 0 unspecified atom stereocenters. The van der Waals surface area contributed by atoms with Gasteiger partial charge in [-0.1, -0.05) is 91.0 Å². The van der Waals surface area contributed by atoms with E-state index in [1.807, 2.05) is 79.9 Å². The Morgan fingerprint density at radius 3 is 0.750 bits per heavy atom. The molecule has 516 valence electrons. The van der Waals surface area contributed by atoms with Crippen LogP contribution in [0.15, 0.2) is 271 Å². The molecule has 104 heavy (non-hydrogen) atoms. The third-order valence-corrected chi connectivity index (χ3v) is 27.4. The van der Waals surface area contributed by atoms with Crippen LogP contribution in [0.25, 0.3) is 86.9 Å². The Bertz CT molecular complexity index is 5020. The van der Waals surface area contributed by atoms with E-state index >= 15 is 0 Å². The summed E-state index contributed by atoms with van der Waals surface area (Å²) in [5, 5.41) is 6.16. The van der Waals surface area contributed by atoms with Crippen LogP contribution in [0, 0.1) is 0 Å². The Hall–Kier alpha value is -9.47. The second-order valence-corrected chi connectivity index (χ2v) is 34.8. The molecule has 0 N–H and O–H groups in total. The van der Waals surface area contributed by atoms with Gasteiger partial charge in [0.15, 0.2) is 25.1 Å². The lowest BCUT2D eigenvalue weighted by Gasteiger charge is -2.26. The molecular weight excluding hydrogens is 1480 g/mol. The van der Waals surface area contributed by atoms with E-state index in [0.717, 1.165) is 111 Å². The predicted octanol–water partition coefficient (Wildman–Crippen LogP) is 27.9. The zero-order valence-electron chi connectivity index (χ0n) is 56.1. The van der Waals surface area contributed by atoms with Gasteiger partial charge < -0.3 is 18.8 Å². The first-order valence-corrected chi connectivity index (χ1v) is 42.3. The highest BCUT2D eigenvalue weighted by atomic mass is 32.1. The molecule has 0 bridgehead atoms. The number of anilines is 6. The van der Waals surface area contributed by atoms with Gasteiger partial charge in [0.25, 0.3) is 0 Å². The number of rotatable bonds is 26. The number of thiophene rings is 9. The lowest BCUT2D eigenvalue weighted by atomic mass is 10.1. The summed E-state index contributed by atoms with van der Waals surface area (Å²) in [4.78, 5) is 64.8. The SMILES string of the molecule is CCOP(=O)(Cc1cccs1)OCC.O=Cc1ccc(-c2ccc(N(c3ccc(-c4ccc(/C=C/c5cccs5)s4)cc3)c3ccc(-c4ccc(/C=C/c5cccs5)s4)cc3)cc2)s1.O=Cc1ccc(-c2ccc(N(c3ccc(-c4ccc(C=O)s4)cc3)c3ccc(-c4ccc(C=O)s4)cc3)cc2)s1. The van der Waals surface area contributed by atoms with Gasteiger partial charge in [0, 0.05) is 87.8 Å². The Balaban J connectivity index is 0.000000159. The normalized spacial score (nSPS) is 11.3. The molecule has 9 nitrogen and oxygen atoms in total. The summed E-state index contributed by atoms with van der Waals surface area (Å²) < 4.78 is 22.4. The van der Waals surface area contributed by atoms with Crippen LogP contribution in [-0.2, 0) is 19.8 Å². The summed E-state index contributed by atoms with van der Waals surface area (Å²) in [6.45, 7) is 4.48. The second-order valence-electron chi connectivity index (χ2n) is 23.0. The number of aldehydes is 4. The van der Waals surface area contributed by atoms with Gasteiger partial charge in [0.2, 0.25) is 0 Å². The van der Waals surface area contributed by atoms with Crippen LogP contribution in [0.3, 0.4) is 0 Å². The summed E-state index contributed by atoms with van der Waals surface area (Å²) in [6, 6.07) is 87.7. The molecule has 0 saturated carbocycles. The van der Waals surface area contributed by atoms with Crippen LogP contribution < -0.4 is 9.80 Å². The zero-order chi connectivity index (χ0) is 71.6. The van der Waals surface area contributed by atoms with Crippen LogP contribution in [0.2, 0.25) is 0 Å². The molecule has 0 saturated heterocycles. The van der Waals surface area contributed by atoms with Crippen molar-refractivity contribution in [3.63, 3.8) is 0 Å². The Labute approximate surface area is 640 Å². The highest BCUT2D eigenvalue weighted by molar-refractivity contribution is 7.53. The fraction of sp³-hybridized carbons (Fsp3) is 0.0588. The van der Waals surface area contributed by atoms with Gasteiger partial charge in [-0.15, -0.1) is 102 Å². The van der Waals surface area contributed by atoms with Crippen LogP contribution in [-0.4, -0.2) is 38.4 Å². The van der Waals surface area contributed by atoms with Gasteiger partial charge in [-0.05, 0) is 251 Å². The Morgan fingerprint density at radius 1 is 0.288 bits per heavy atom. The number of carbonyl (C=O) groups is 4. The number of carbonyl (C=O) groups excluding carboxylic acids is 4. The van der Waals surface area contributed by atoms with Gasteiger partial charge in [0.05, 0.1) is 38.9 Å². The van der Waals surface area contributed by atoms with E-state index in [9.17, 15) is 23.7 Å². The fourth-order valence-corrected chi connectivity index (χ4v) is 20.4. The minimum absolute atomic E-state index is 0.381. The largest absolute Gasteiger partial charge is 0.335 e. The average molecular weight is 1550 g/mol. The summed E-state index contributed by atoms with van der Waals surface area (Å²) in [5.41, 5.74) is 12.9. The van der Waals surface area contributed by atoms with E-state index in [1.54, 1.807) is 56.7 Å². The predicted molar refractivity (Wildman–Crippen MR) is 449 cm³/mol. The lowest BCUT2D eigenvalue weighted by Crippen LogP contribution is -2.09. The van der Waals surface area contributed by atoms with Crippen molar-refractivity contribution in [2.24, 2.45) is 0 Å². The van der Waals surface area contributed by atoms with Crippen molar-refractivity contribution in [3.8, 4) is 62.6 Å².